The van der Waals surface area contributed by atoms with Crippen molar-refractivity contribution in [3.05, 3.63) is 0 Å². The Bertz CT molecular complexity index is 6.85. The summed E-state index contributed by atoms with van der Waals surface area (Å²) in [6.45, 7) is 0. The van der Waals surface area contributed by atoms with E-state index in [0.717, 1.165) is 0 Å². The summed E-state index contributed by atoms with van der Waals surface area (Å²) in [5.74, 6) is 0. The van der Waals surface area contributed by atoms with Crippen molar-refractivity contribution in [2.75, 3.05) is 0 Å². The minimum absolute atomic E-state index is 0. The van der Waals surface area contributed by atoms with Gasteiger partial charge in [-0.05, 0) is 0 Å². The number of halogens is 3. The van der Waals surface area contributed by atoms with E-state index in [-0.39, 0.29) is 82.6 Å². The molecule has 0 spiro atoms. The monoisotopic (exact) mass is 284 g/mol. The fourth-order valence-electron chi connectivity index (χ4n) is 0. The Morgan fingerprint density at radius 2 is 0.600 bits per heavy atom. The van der Waals surface area contributed by atoms with Crippen molar-refractivity contribution in [2.24, 2.45) is 0 Å². The molecule has 0 aliphatic heterocycles. The molecular formula is H5Cl3GdO. The van der Waals surface area contributed by atoms with Crippen molar-refractivity contribution in [2.45, 2.75) is 0 Å². The molecule has 1 nitrogen and oxygen atoms in total. The molecule has 0 aromatic carbocycles. The van der Waals surface area contributed by atoms with Crippen molar-refractivity contribution < 1.29 is 45.4 Å². The van der Waals surface area contributed by atoms with Gasteiger partial charge in [-0.25, -0.2) is 0 Å². The van der Waals surface area contributed by atoms with Crippen molar-refractivity contribution in [3.63, 3.8) is 0 Å². The summed E-state index contributed by atoms with van der Waals surface area (Å²) in [7, 11) is 0. The van der Waals surface area contributed by atoms with E-state index in [0.29, 0.717) is 0 Å². The van der Waals surface area contributed by atoms with Crippen LogP contribution in [0.3, 0.4) is 0 Å². The molecule has 5 heavy (non-hydrogen) atoms. The quantitative estimate of drug-likeness (QED) is 0.618. The first-order valence-corrected chi connectivity index (χ1v) is 0. The van der Waals surface area contributed by atoms with Crippen LogP contribution in [0.15, 0.2) is 0 Å². The van der Waals surface area contributed by atoms with Crippen LogP contribution in [0, 0.1) is 39.9 Å². The fraction of sp³-hybridized carbons (Fsp3) is 0. The van der Waals surface area contributed by atoms with E-state index in [9.17, 15) is 0 Å². The third kappa shape index (κ3) is 22.9. The molecular weight excluding hydrogens is 280 g/mol. The van der Waals surface area contributed by atoms with Crippen LogP contribution < -0.4 is 0 Å². The Morgan fingerprint density at radius 1 is 0.600 bits per heavy atom. The predicted molar refractivity (Wildman–Crippen MR) is 25.4 cm³/mol. The zero-order valence-corrected chi connectivity index (χ0v) is 6.80. The second-order valence-corrected chi connectivity index (χ2v) is 0. The molecule has 0 aromatic heterocycles. The first-order chi connectivity index (χ1) is 0. The van der Waals surface area contributed by atoms with Gasteiger partial charge >= 0.3 is 0 Å². The van der Waals surface area contributed by atoms with E-state index in [2.05, 4.69) is 0 Å². The van der Waals surface area contributed by atoms with Gasteiger partial charge in [0, 0.05) is 39.9 Å². The molecule has 0 fully saturated rings. The van der Waals surface area contributed by atoms with Crippen LogP contribution in [-0.4, -0.2) is 5.48 Å². The second-order valence-electron chi connectivity index (χ2n) is 0. The first-order valence-electron chi connectivity index (χ1n) is 0. The van der Waals surface area contributed by atoms with Crippen LogP contribution in [0.25, 0.3) is 0 Å². The standard InChI is InChI=1S/3ClH.Gd.H2O/h3*1H;;1H2. The maximum Gasteiger partial charge on any atom is 0 e. The minimum Gasteiger partial charge on any atom is -0.412 e. The average molecular weight is 285 g/mol. The largest absolute Gasteiger partial charge is 0.412 e. The van der Waals surface area contributed by atoms with Gasteiger partial charge in [0.15, 0.2) is 0 Å². The molecule has 0 radical (unpaired) electrons. The molecule has 0 aromatic rings. The van der Waals surface area contributed by atoms with Crippen LogP contribution in [-0.2, 0) is 0 Å². The Morgan fingerprint density at radius 3 is 0.600 bits per heavy atom. The van der Waals surface area contributed by atoms with Gasteiger partial charge in [0.25, 0.3) is 0 Å². The maximum atomic E-state index is 0. The van der Waals surface area contributed by atoms with Gasteiger partial charge in [-0.3, -0.25) is 0 Å². The summed E-state index contributed by atoms with van der Waals surface area (Å²) in [6.07, 6.45) is 0. The molecule has 0 unspecified atom stereocenters. The smallest absolute Gasteiger partial charge is 0 e. The maximum absolute atomic E-state index is 0. The van der Waals surface area contributed by atoms with E-state index in [1.54, 1.807) is 0 Å². The third-order valence-electron chi connectivity index (χ3n) is 0. The summed E-state index contributed by atoms with van der Waals surface area (Å²) in [5.41, 5.74) is 0. The van der Waals surface area contributed by atoms with Crippen LogP contribution in [0.1, 0.15) is 0 Å². The van der Waals surface area contributed by atoms with E-state index in [4.69, 9.17) is 0 Å². The Labute approximate surface area is 81.5 Å². The van der Waals surface area contributed by atoms with Gasteiger partial charge in [0.1, 0.15) is 0 Å². The van der Waals surface area contributed by atoms with Crippen LogP contribution in [0.4, 0.5) is 0 Å². The molecule has 0 saturated heterocycles. The summed E-state index contributed by atoms with van der Waals surface area (Å²) < 4.78 is 0. The van der Waals surface area contributed by atoms with Crippen LogP contribution in [0.5, 0.6) is 0 Å². The average Bonchev–Trinajstić information content (AvgIpc) is 0. The molecule has 0 aliphatic carbocycles. The van der Waals surface area contributed by atoms with Gasteiger partial charge in [-0.15, -0.1) is 37.2 Å². The SMILES string of the molecule is Cl.Cl.Cl.O.[Gd]. The minimum atomic E-state index is 0. The van der Waals surface area contributed by atoms with Crippen LogP contribution >= 0.6 is 37.2 Å². The van der Waals surface area contributed by atoms with Gasteiger partial charge in [0.05, 0.1) is 0 Å². The van der Waals surface area contributed by atoms with Gasteiger partial charge in [0.2, 0.25) is 0 Å². The van der Waals surface area contributed by atoms with Gasteiger partial charge in [-0.2, -0.15) is 0 Å². The molecule has 40 valence electrons. The first kappa shape index (κ1) is 58.4. The predicted octanol–water partition coefficient (Wildman–Crippen LogP) is 0.441. The normalized spacial score (nSPS) is 0. The molecule has 0 amide bonds. The summed E-state index contributed by atoms with van der Waals surface area (Å²) in [5, 5.41) is 0. The Balaban J connectivity index is 0. The van der Waals surface area contributed by atoms with Gasteiger partial charge in [-0.1, -0.05) is 0 Å². The molecule has 2 N–H and O–H groups in total. The van der Waals surface area contributed by atoms with E-state index >= 15 is 0 Å². The number of hydrogen-bond donors (Lipinski definition) is 0. The molecule has 0 rings (SSSR count). The van der Waals surface area contributed by atoms with Crippen molar-refractivity contribution in [1.29, 1.82) is 0 Å². The van der Waals surface area contributed by atoms with E-state index < -0.39 is 0 Å². The second kappa shape index (κ2) is 35.2. The van der Waals surface area contributed by atoms with Crippen molar-refractivity contribution in [1.82, 2.24) is 0 Å². The topological polar surface area (TPSA) is 31.5 Å². The summed E-state index contributed by atoms with van der Waals surface area (Å²) in [6, 6.07) is 0. The zero-order chi connectivity index (χ0) is 0. The number of rotatable bonds is 0. The van der Waals surface area contributed by atoms with E-state index in [1.165, 1.54) is 0 Å². The fourth-order valence-corrected chi connectivity index (χ4v) is 0. The molecule has 0 aliphatic rings. The molecule has 0 heterocycles. The van der Waals surface area contributed by atoms with Crippen molar-refractivity contribution in [3.8, 4) is 0 Å². The van der Waals surface area contributed by atoms with E-state index in [1.807, 2.05) is 0 Å². The Kier molecular flexibility index (Phi) is 411. The summed E-state index contributed by atoms with van der Waals surface area (Å²) in [4.78, 5) is 0. The number of hydrogen-bond acceptors (Lipinski definition) is 0. The molecule has 0 atom stereocenters. The Hall–Kier alpha value is 2.15. The van der Waals surface area contributed by atoms with Gasteiger partial charge < -0.3 is 5.48 Å². The summed E-state index contributed by atoms with van der Waals surface area (Å²) >= 11 is 0. The molecule has 0 saturated carbocycles. The van der Waals surface area contributed by atoms with Crippen molar-refractivity contribution >= 4 is 37.2 Å². The molecule has 0 bridgehead atoms. The zero-order valence-electron chi connectivity index (χ0n) is 2.08. The van der Waals surface area contributed by atoms with Crippen LogP contribution in [0.2, 0.25) is 0 Å². The molecule has 5 heteroatoms. The third-order valence-corrected chi connectivity index (χ3v) is 0.